The average molecular weight is 425 g/mol. The number of aromatic nitrogens is 1. The number of anilines is 3. The molecule has 160 valence electrons. The highest BCUT2D eigenvalue weighted by molar-refractivity contribution is 6.03. The number of carbonyl (C=O) groups is 1. The quantitative estimate of drug-likeness (QED) is 0.576. The first-order chi connectivity index (χ1) is 14.6. The summed E-state index contributed by atoms with van der Waals surface area (Å²) in [6.45, 7) is 5.17. The number of fused-ring (bicyclic) bond motifs is 1. The molecule has 0 fully saturated rings. The van der Waals surface area contributed by atoms with Crippen LogP contribution in [0.2, 0.25) is 0 Å². The standard InChI is InChI=1S/C24H22F3N3O/c1-15-7-6-9-19(11-15)29-22(31)23(3)14-17-8-4-5-10-20(17)30(23)21-13-18(24(25,26)27)12-16(2)28-21/h4-13H,14H2,1-3H3,(H,29,31). The Morgan fingerprint density at radius 3 is 2.52 bits per heavy atom. The Bertz CT molecular complexity index is 1160. The van der Waals surface area contributed by atoms with Crippen LogP contribution in [0.15, 0.2) is 60.7 Å². The summed E-state index contributed by atoms with van der Waals surface area (Å²) in [7, 11) is 0. The van der Waals surface area contributed by atoms with E-state index in [2.05, 4.69) is 10.3 Å². The first-order valence-electron chi connectivity index (χ1n) is 9.90. The zero-order chi connectivity index (χ0) is 22.4. The van der Waals surface area contributed by atoms with E-state index >= 15 is 0 Å². The van der Waals surface area contributed by atoms with Crippen molar-refractivity contribution in [3.8, 4) is 0 Å². The third-order valence-corrected chi connectivity index (χ3v) is 5.52. The van der Waals surface area contributed by atoms with Gasteiger partial charge in [-0.1, -0.05) is 30.3 Å². The molecule has 4 rings (SSSR count). The van der Waals surface area contributed by atoms with Gasteiger partial charge in [-0.25, -0.2) is 4.98 Å². The Balaban J connectivity index is 1.81. The minimum absolute atomic E-state index is 0.0965. The highest BCUT2D eigenvalue weighted by atomic mass is 19.4. The first-order valence-corrected chi connectivity index (χ1v) is 9.90. The fourth-order valence-corrected chi connectivity index (χ4v) is 4.07. The number of nitrogens with one attached hydrogen (secondary N) is 1. The molecule has 1 aliphatic heterocycles. The summed E-state index contributed by atoms with van der Waals surface area (Å²) >= 11 is 0. The van der Waals surface area contributed by atoms with Crippen LogP contribution in [0.25, 0.3) is 0 Å². The molecule has 4 nitrogen and oxygen atoms in total. The zero-order valence-electron chi connectivity index (χ0n) is 17.4. The van der Waals surface area contributed by atoms with Crippen LogP contribution in [0.3, 0.4) is 0 Å². The van der Waals surface area contributed by atoms with Crippen LogP contribution in [0.4, 0.5) is 30.4 Å². The monoisotopic (exact) mass is 425 g/mol. The van der Waals surface area contributed by atoms with Crippen molar-refractivity contribution in [1.29, 1.82) is 0 Å². The van der Waals surface area contributed by atoms with Gasteiger partial charge in [0.05, 0.1) is 5.56 Å². The maximum atomic E-state index is 13.5. The molecular formula is C24H22F3N3O. The number of hydrogen-bond donors (Lipinski definition) is 1. The van der Waals surface area contributed by atoms with E-state index in [-0.39, 0.29) is 17.4 Å². The molecule has 1 unspecified atom stereocenters. The molecule has 1 aliphatic rings. The normalized spacial score (nSPS) is 18.1. The molecule has 0 radical (unpaired) electrons. The molecule has 0 saturated heterocycles. The van der Waals surface area contributed by atoms with Gasteiger partial charge in [0.25, 0.3) is 5.91 Å². The van der Waals surface area contributed by atoms with Crippen LogP contribution >= 0.6 is 0 Å². The zero-order valence-corrected chi connectivity index (χ0v) is 17.4. The van der Waals surface area contributed by atoms with Gasteiger partial charge in [0, 0.05) is 23.5 Å². The van der Waals surface area contributed by atoms with Crippen LogP contribution in [0.1, 0.15) is 29.3 Å². The maximum Gasteiger partial charge on any atom is 0.416 e. The second-order valence-corrected chi connectivity index (χ2v) is 8.09. The SMILES string of the molecule is Cc1cccc(NC(=O)C2(C)Cc3ccccc3N2c2cc(C(F)(F)F)cc(C)n2)c1. The number of pyridine rings is 1. The number of nitrogens with zero attached hydrogens (tertiary/aromatic N) is 2. The van der Waals surface area contributed by atoms with Crippen molar-refractivity contribution >= 4 is 23.1 Å². The molecule has 3 aromatic rings. The van der Waals surface area contributed by atoms with E-state index in [0.717, 1.165) is 23.3 Å². The van der Waals surface area contributed by atoms with E-state index in [0.29, 0.717) is 17.8 Å². The Labute approximate surface area is 178 Å². The van der Waals surface area contributed by atoms with E-state index in [1.165, 1.54) is 6.92 Å². The lowest BCUT2D eigenvalue weighted by atomic mass is 9.95. The molecule has 0 bridgehead atoms. The highest BCUT2D eigenvalue weighted by Gasteiger charge is 2.47. The molecule has 0 aliphatic carbocycles. The van der Waals surface area contributed by atoms with Crippen LogP contribution < -0.4 is 10.2 Å². The third kappa shape index (κ3) is 3.87. The van der Waals surface area contributed by atoms with Gasteiger partial charge < -0.3 is 10.2 Å². The summed E-state index contributed by atoms with van der Waals surface area (Å²) in [6.07, 6.45) is -4.17. The summed E-state index contributed by atoms with van der Waals surface area (Å²) in [5, 5.41) is 2.93. The molecule has 31 heavy (non-hydrogen) atoms. The first kappa shape index (κ1) is 20.9. The van der Waals surface area contributed by atoms with Crippen LogP contribution in [0.5, 0.6) is 0 Å². The Kier molecular flexibility index (Phi) is 5.00. The van der Waals surface area contributed by atoms with Crippen molar-refractivity contribution in [1.82, 2.24) is 4.98 Å². The number of hydrogen-bond acceptors (Lipinski definition) is 3. The summed E-state index contributed by atoms with van der Waals surface area (Å²) in [4.78, 5) is 19.5. The van der Waals surface area contributed by atoms with E-state index in [1.54, 1.807) is 30.0 Å². The lowest BCUT2D eigenvalue weighted by molar-refractivity contribution is -0.137. The second kappa shape index (κ2) is 7.41. The Hall–Kier alpha value is -3.35. The largest absolute Gasteiger partial charge is 0.416 e. The minimum atomic E-state index is -4.51. The topological polar surface area (TPSA) is 45.2 Å². The number of para-hydroxylation sites is 1. The molecule has 1 amide bonds. The van der Waals surface area contributed by atoms with Gasteiger partial charge in [0.15, 0.2) is 0 Å². The number of alkyl halides is 3. The predicted octanol–water partition coefficient (Wildman–Crippen LogP) is 5.81. The predicted molar refractivity (Wildman–Crippen MR) is 114 cm³/mol. The summed E-state index contributed by atoms with van der Waals surface area (Å²) in [5.74, 6) is -0.217. The molecule has 2 aromatic carbocycles. The number of amides is 1. The van der Waals surface area contributed by atoms with Gasteiger partial charge in [0.1, 0.15) is 11.4 Å². The molecule has 1 aromatic heterocycles. The smallest absolute Gasteiger partial charge is 0.324 e. The van der Waals surface area contributed by atoms with Crippen molar-refractivity contribution in [2.24, 2.45) is 0 Å². The van der Waals surface area contributed by atoms with Gasteiger partial charge >= 0.3 is 6.18 Å². The lowest BCUT2D eigenvalue weighted by Gasteiger charge is -2.35. The Morgan fingerprint density at radius 1 is 1.06 bits per heavy atom. The summed E-state index contributed by atoms with van der Waals surface area (Å²) in [5.41, 5.74) is 1.46. The third-order valence-electron chi connectivity index (χ3n) is 5.52. The van der Waals surface area contributed by atoms with Crippen molar-refractivity contribution in [2.75, 3.05) is 10.2 Å². The highest BCUT2D eigenvalue weighted by Crippen LogP contribution is 2.45. The molecule has 0 saturated carbocycles. The summed E-state index contributed by atoms with van der Waals surface area (Å²) in [6, 6.07) is 16.8. The van der Waals surface area contributed by atoms with Crippen LogP contribution in [-0.2, 0) is 17.4 Å². The van der Waals surface area contributed by atoms with Crippen molar-refractivity contribution in [3.63, 3.8) is 0 Å². The maximum absolute atomic E-state index is 13.5. The van der Waals surface area contributed by atoms with Crippen molar-refractivity contribution in [2.45, 2.75) is 38.9 Å². The lowest BCUT2D eigenvalue weighted by Crippen LogP contribution is -2.51. The van der Waals surface area contributed by atoms with Gasteiger partial charge in [-0.2, -0.15) is 13.2 Å². The van der Waals surface area contributed by atoms with Crippen LogP contribution in [0, 0.1) is 13.8 Å². The van der Waals surface area contributed by atoms with E-state index in [9.17, 15) is 18.0 Å². The van der Waals surface area contributed by atoms with Gasteiger partial charge in [-0.05, 0) is 62.2 Å². The summed E-state index contributed by atoms with van der Waals surface area (Å²) < 4.78 is 40.4. The number of rotatable bonds is 3. The molecular weight excluding hydrogens is 403 g/mol. The molecule has 2 heterocycles. The molecule has 1 N–H and O–H groups in total. The fourth-order valence-electron chi connectivity index (χ4n) is 4.07. The molecule has 0 spiro atoms. The average Bonchev–Trinajstić information content (AvgIpc) is 3.00. The fraction of sp³-hybridized carbons (Fsp3) is 0.250. The van der Waals surface area contributed by atoms with Gasteiger partial charge in [0.2, 0.25) is 0 Å². The molecule has 7 heteroatoms. The van der Waals surface area contributed by atoms with Crippen molar-refractivity contribution < 1.29 is 18.0 Å². The second-order valence-electron chi connectivity index (χ2n) is 8.09. The van der Waals surface area contributed by atoms with Gasteiger partial charge in [-0.15, -0.1) is 0 Å². The number of benzene rings is 2. The minimum Gasteiger partial charge on any atom is -0.324 e. The number of aryl methyl sites for hydroxylation is 2. The number of carbonyl (C=O) groups excluding carboxylic acids is 1. The molecule has 1 atom stereocenters. The van der Waals surface area contributed by atoms with E-state index < -0.39 is 17.3 Å². The van der Waals surface area contributed by atoms with Gasteiger partial charge in [-0.3, -0.25) is 4.79 Å². The van der Waals surface area contributed by atoms with E-state index in [1.807, 2.05) is 37.3 Å². The van der Waals surface area contributed by atoms with E-state index in [4.69, 9.17) is 0 Å². The number of halogens is 3. The van der Waals surface area contributed by atoms with Crippen molar-refractivity contribution in [3.05, 3.63) is 83.0 Å². The Morgan fingerprint density at radius 2 is 1.81 bits per heavy atom. The van der Waals surface area contributed by atoms with Crippen LogP contribution in [-0.4, -0.2) is 16.4 Å².